The van der Waals surface area contributed by atoms with Gasteiger partial charge in [-0.25, -0.2) is 13.8 Å². The summed E-state index contributed by atoms with van der Waals surface area (Å²) < 4.78 is 35.8. The summed E-state index contributed by atoms with van der Waals surface area (Å²) in [7, 11) is -2.11. The Morgan fingerprint density at radius 3 is 2.55 bits per heavy atom. The first-order valence-electron chi connectivity index (χ1n) is 8.61. The highest BCUT2D eigenvalue weighted by molar-refractivity contribution is 7.92. The van der Waals surface area contributed by atoms with Gasteiger partial charge in [-0.2, -0.15) is 5.10 Å². The molecule has 2 aromatic rings. The summed E-state index contributed by atoms with van der Waals surface area (Å²) in [4.78, 5) is 12.2. The second-order valence-corrected chi connectivity index (χ2v) is 7.82. The number of anilines is 1. The van der Waals surface area contributed by atoms with Crippen LogP contribution in [0.4, 0.5) is 5.69 Å². The molecular weight excluding hydrogens is 394 g/mol. The van der Waals surface area contributed by atoms with Gasteiger partial charge in [0, 0.05) is 0 Å². The van der Waals surface area contributed by atoms with Crippen molar-refractivity contribution in [2.45, 2.75) is 0 Å². The van der Waals surface area contributed by atoms with Gasteiger partial charge in [0.1, 0.15) is 13.2 Å². The number of rotatable bonds is 10. The van der Waals surface area contributed by atoms with Crippen LogP contribution in [0.15, 0.2) is 66.3 Å². The van der Waals surface area contributed by atoms with Gasteiger partial charge < -0.3 is 9.47 Å². The van der Waals surface area contributed by atoms with Crippen molar-refractivity contribution in [1.29, 1.82) is 0 Å². The molecule has 1 N–H and O–H groups in total. The Balaban J connectivity index is 2.04. The average Bonchev–Trinajstić information content (AvgIpc) is 2.70. The Hall–Kier alpha value is -3.33. The molecule has 0 spiro atoms. The number of ether oxygens (including phenoxy) is 2. The highest BCUT2D eigenvalue weighted by Crippen LogP contribution is 2.27. The van der Waals surface area contributed by atoms with Gasteiger partial charge in [0.15, 0.2) is 11.5 Å². The smallest absolute Gasteiger partial charge is 0.260 e. The van der Waals surface area contributed by atoms with E-state index in [0.717, 1.165) is 10.6 Å². The van der Waals surface area contributed by atoms with Gasteiger partial charge in [-0.15, -0.1) is 0 Å². The summed E-state index contributed by atoms with van der Waals surface area (Å²) >= 11 is 0. The fourth-order valence-corrected chi connectivity index (χ4v) is 3.23. The van der Waals surface area contributed by atoms with E-state index >= 15 is 0 Å². The van der Waals surface area contributed by atoms with Crippen LogP contribution in [-0.4, -0.2) is 47.1 Å². The molecule has 8 nitrogen and oxygen atoms in total. The monoisotopic (exact) mass is 417 g/mol. The predicted molar refractivity (Wildman–Crippen MR) is 113 cm³/mol. The summed E-state index contributed by atoms with van der Waals surface area (Å²) in [6.45, 7) is 3.55. The molecule has 0 atom stereocenters. The lowest BCUT2D eigenvalue weighted by Gasteiger charge is -2.21. The number of methoxy groups -OCH3 is 1. The van der Waals surface area contributed by atoms with Crippen LogP contribution < -0.4 is 19.2 Å². The second-order valence-electron chi connectivity index (χ2n) is 5.91. The van der Waals surface area contributed by atoms with Crippen molar-refractivity contribution in [1.82, 2.24) is 5.43 Å². The van der Waals surface area contributed by atoms with E-state index in [1.807, 2.05) is 0 Å². The molecule has 2 rings (SSSR count). The lowest BCUT2D eigenvalue weighted by Crippen LogP contribution is -2.38. The Labute approximate surface area is 170 Å². The first-order valence-corrected chi connectivity index (χ1v) is 10.5. The van der Waals surface area contributed by atoms with E-state index in [1.165, 1.54) is 13.3 Å². The summed E-state index contributed by atoms with van der Waals surface area (Å²) in [5.74, 6) is 0.489. The maximum absolute atomic E-state index is 12.2. The zero-order valence-electron chi connectivity index (χ0n) is 16.2. The molecule has 0 fully saturated rings. The average molecular weight is 417 g/mol. The van der Waals surface area contributed by atoms with Crippen LogP contribution in [-0.2, 0) is 14.8 Å². The Morgan fingerprint density at radius 2 is 1.93 bits per heavy atom. The summed E-state index contributed by atoms with van der Waals surface area (Å²) in [6, 6.07) is 13.5. The molecule has 0 saturated heterocycles. The van der Waals surface area contributed by atoms with Crippen LogP contribution in [0.25, 0.3) is 0 Å². The van der Waals surface area contributed by atoms with Crippen molar-refractivity contribution in [3.05, 3.63) is 66.7 Å². The topological polar surface area (TPSA) is 97.3 Å². The number of para-hydroxylation sites is 1. The summed E-state index contributed by atoms with van der Waals surface area (Å²) in [6.07, 6.45) is 4.09. The Morgan fingerprint density at radius 1 is 1.21 bits per heavy atom. The van der Waals surface area contributed by atoms with Crippen molar-refractivity contribution in [2.75, 3.05) is 30.8 Å². The minimum absolute atomic E-state index is 0.345. The number of hydrogen-bond donors (Lipinski definition) is 1. The van der Waals surface area contributed by atoms with Gasteiger partial charge in [-0.3, -0.25) is 9.10 Å². The van der Waals surface area contributed by atoms with Gasteiger partial charge in [-0.05, 0) is 35.9 Å². The van der Waals surface area contributed by atoms with Crippen molar-refractivity contribution >= 4 is 27.8 Å². The number of nitrogens with one attached hydrogen (secondary N) is 1. The van der Waals surface area contributed by atoms with Crippen LogP contribution in [0.2, 0.25) is 0 Å². The minimum Gasteiger partial charge on any atom is -0.493 e. The zero-order chi connectivity index (χ0) is 21.3. The Bertz CT molecular complexity index is 975. The number of carbonyl (C=O) groups excluding carboxylic acids is 1. The predicted octanol–water partition coefficient (Wildman–Crippen LogP) is 2.18. The first kappa shape index (κ1) is 22.0. The maximum atomic E-state index is 12.2. The van der Waals surface area contributed by atoms with Crippen molar-refractivity contribution in [2.24, 2.45) is 5.10 Å². The molecular formula is C20H23N3O5S. The van der Waals surface area contributed by atoms with Crippen LogP contribution in [0.1, 0.15) is 5.56 Å². The first-order chi connectivity index (χ1) is 13.8. The fourth-order valence-electron chi connectivity index (χ4n) is 2.37. The van der Waals surface area contributed by atoms with Gasteiger partial charge >= 0.3 is 0 Å². The van der Waals surface area contributed by atoms with Crippen LogP contribution in [0.5, 0.6) is 11.5 Å². The van der Waals surface area contributed by atoms with E-state index in [1.54, 1.807) is 54.6 Å². The number of amides is 1. The number of hydrogen-bond acceptors (Lipinski definition) is 6. The van der Waals surface area contributed by atoms with Gasteiger partial charge in [0.25, 0.3) is 5.91 Å². The third-order valence-corrected chi connectivity index (χ3v) is 4.82. The quantitative estimate of drug-likeness (QED) is 0.363. The lowest BCUT2D eigenvalue weighted by molar-refractivity contribution is -0.119. The maximum Gasteiger partial charge on any atom is 0.260 e. The molecule has 0 radical (unpaired) electrons. The molecule has 0 aliphatic carbocycles. The van der Waals surface area contributed by atoms with Crippen LogP contribution >= 0.6 is 0 Å². The van der Waals surface area contributed by atoms with E-state index in [-0.39, 0.29) is 0 Å². The molecule has 1 amide bonds. The normalized spacial score (nSPS) is 11.1. The van der Waals surface area contributed by atoms with Crippen LogP contribution in [0, 0.1) is 0 Å². The van der Waals surface area contributed by atoms with E-state index in [2.05, 4.69) is 17.1 Å². The number of hydrazone groups is 1. The molecule has 0 aliphatic rings. The number of carbonyl (C=O) groups is 1. The standard InChI is InChI=1S/C20H23N3O5S/c1-4-12-28-18-11-10-16(13-19(18)27-2)14-21-22-20(24)15-23(29(3,25)26)17-8-6-5-7-9-17/h4-11,13-14H,1,12,15H2,2-3H3,(H,22,24)/b21-14-. The van der Waals surface area contributed by atoms with E-state index in [9.17, 15) is 13.2 Å². The highest BCUT2D eigenvalue weighted by atomic mass is 32.2. The second kappa shape index (κ2) is 10.3. The largest absolute Gasteiger partial charge is 0.493 e. The molecule has 29 heavy (non-hydrogen) atoms. The van der Waals surface area contributed by atoms with E-state index in [0.29, 0.717) is 29.4 Å². The van der Waals surface area contributed by atoms with Crippen molar-refractivity contribution in [3.63, 3.8) is 0 Å². The summed E-state index contributed by atoms with van der Waals surface area (Å²) in [5, 5.41) is 3.88. The van der Waals surface area contributed by atoms with Crippen molar-refractivity contribution < 1.29 is 22.7 Å². The van der Waals surface area contributed by atoms with Gasteiger partial charge in [-0.1, -0.05) is 30.9 Å². The van der Waals surface area contributed by atoms with Crippen LogP contribution in [0.3, 0.4) is 0 Å². The number of benzene rings is 2. The van der Waals surface area contributed by atoms with Gasteiger partial charge in [0.05, 0.1) is 25.3 Å². The fraction of sp³-hybridized carbons (Fsp3) is 0.200. The lowest BCUT2D eigenvalue weighted by atomic mass is 10.2. The van der Waals surface area contributed by atoms with E-state index in [4.69, 9.17) is 9.47 Å². The highest BCUT2D eigenvalue weighted by Gasteiger charge is 2.20. The molecule has 2 aromatic carbocycles. The molecule has 0 aliphatic heterocycles. The number of nitrogens with zero attached hydrogens (tertiary/aromatic N) is 2. The molecule has 0 aromatic heterocycles. The van der Waals surface area contributed by atoms with E-state index < -0.39 is 22.5 Å². The Kier molecular flexibility index (Phi) is 7.79. The molecule has 0 bridgehead atoms. The molecule has 0 unspecified atom stereocenters. The number of sulfonamides is 1. The zero-order valence-corrected chi connectivity index (χ0v) is 17.1. The summed E-state index contributed by atoms with van der Waals surface area (Å²) in [5.41, 5.74) is 3.39. The molecule has 0 saturated carbocycles. The van der Waals surface area contributed by atoms with Crippen molar-refractivity contribution in [3.8, 4) is 11.5 Å². The minimum atomic E-state index is -3.63. The molecule has 0 heterocycles. The SMILES string of the molecule is C=CCOc1ccc(/C=N\NC(=O)CN(c2ccccc2)S(C)(=O)=O)cc1OC. The molecule has 9 heteroatoms. The third-order valence-electron chi connectivity index (χ3n) is 3.68. The van der Waals surface area contributed by atoms with Gasteiger partial charge in [0.2, 0.25) is 10.0 Å². The third kappa shape index (κ3) is 6.65. The molecule has 154 valence electrons.